The molecule has 3 aromatic carbocycles. The molecule has 1 aliphatic rings. The van der Waals surface area contributed by atoms with Crippen molar-refractivity contribution in [3.8, 4) is 34.5 Å². The topological polar surface area (TPSA) is 78.8 Å². The van der Waals surface area contributed by atoms with Crippen LogP contribution in [0, 0.1) is 11.8 Å². The monoisotopic (exact) mass is 399 g/mol. The number of amides is 1. The lowest BCUT2D eigenvalue weighted by Crippen LogP contribution is -2.26. The number of carbonyl (C=O) groups excluding carboxylic acids is 1. The molecule has 0 radical (unpaired) electrons. The maximum absolute atomic E-state index is 12.1. The average Bonchev–Trinajstić information content (AvgIpc) is 3.08. The van der Waals surface area contributed by atoms with E-state index < -0.39 is 6.09 Å². The fraction of sp³-hybridized carbons (Fsp3) is 0.160. The summed E-state index contributed by atoms with van der Waals surface area (Å²) in [5.74, 6) is 5.40. The summed E-state index contributed by atoms with van der Waals surface area (Å²) in [6, 6.07) is 20.8. The number of ether oxygens (including phenoxy) is 1. The number of nitrogens with one attached hydrogen (secondary N) is 1. The fourth-order valence-corrected chi connectivity index (χ4v) is 3.68. The molecular formula is C25H21NO4. The number of benzene rings is 3. The van der Waals surface area contributed by atoms with Gasteiger partial charge in [-0.2, -0.15) is 0 Å². The molecule has 0 saturated heterocycles. The van der Waals surface area contributed by atoms with Gasteiger partial charge in [0.05, 0.1) is 0 Å². The Hall–Kier alpha value is -3.91. The number of hydrogen-bond donors (Lipinski definition) is 3. The minimum Gasteiger partial charge on any atom is -0.507 e. The number of alkyl carbamates (subject to hydrolysis) is 1. The van der Waals surface area contributed by atoms with Crippen molar-refractivity contribution >= 4 is 6.09 Å². The zero-order chi connectivity index (χ0) is 20.9. The van der Waals surface area contributed by atoms with Gasteiger partial charge in [-0.1, -0.05) is 66.4 Å². The smallest absolute Gasteiger partial charge is 0.407 e. The molecule has 0 bridgehead atoms. The summed E-state index contributed by atoms with van der Waals surface area (Å²) in [6.07, 6.45) is -0.137. The standard InChI is InChI=1S/C25H21NO4/c27-23-13-7-14-24(28)21(23)12-5-6-15-26-25(29)30-16-22-19-10-3-1-8-17(19)18-9-2-4-11-20(18)22/h1-4,7-11,13-14,22,27-28H,6,15-16H2,(H,26,29). The molecule has 3 aromatic rings. The summed E-state index contributed by atoms with van der Waals surface area (Å²) in [5.41, 5.74) is 4.88. The summed E-state index contributed by atoms with van der Waals surface area (Å²) in [6.45, 7) is 0.565. The number of fused-ring (bicyclic) bond motifs is 3. The molecule has 0 spiro atoms. The molecule has 5 nitrogen and oxygen atoms in total. The van der Waals surface area contributed by atoms with Crippen LogP contribution in [0.3, 0.4) is 0 Å². The predicted octanol–water partition coefficient (Wildman–Crippen LogP) is 4.38. The van der Waals surface area contributed by atoms with Crippen LogP contribution in [0.1, 0.15) is 29.0 Å². The molecule has 0 saturated carbocycles. The van der Waals surface area contributed by atoms with Crippen molar-refractivity contribution in [3.63, 3.8) is 0 Å². The van der Waals surface area contributed by atoms with E-state index in [1.54, 1.807) is 0 Å². The van der Waals surface area contributed by atoms with Crippen LogP contribution in [0.15, 0.2) is 66.7 Å². The number of rotatable bonds is 4. The van der Waals surface area contributed by atoms with Gasteiger partial charge in [-0.05, 0) is 34.4 Å². The largest absolute Gasteiger partial charge is 0.507 e. The van der Waals surface area contributed by atoms with Gasteiger partial charge in [0.1, 0.15) is 23.7 Å². The number of phenols is 2. The van der Waals surface area contributed by atoms with Gasteiger partial charge in [0.15, 0.2) is 0 Å². The summed E-state index contributed by atoms with van der Waals surface area (Å²) in [4.78, 5) is 12.1. The van der Waals surface area contributed by atoms with Gasteiger partial charge in [0.25, 0.3) is 0 Å². The van der Waals surface area contributed by atoms with E-state index in [-0.39, 0.29) is 29.6 Å². The zero-order valence-corrected chi connectivity index (χ0v) is 16.3. The normalized spacial score (nSPS) is 11.7. The highest BCUT2D eigenvalue weighted by Gasteiger charge is 2.28. The van der Waals surface area contributed by atoms with Gasteiger partial charge in [-0.3, -0.25) is 0 Å². The molecule has 0 fully saturated rings. The fourth-order valence-electron chi connectivity index (χ4n) is 3.68. The Labute approximate surface area is 175 Å². The first-order valence-corrected chi connectivity index (χ1v) is 9.74. The minimum atomic E-state index is -0.496. The maximum Gasteiger partial charge on any atom is 0.407 e. The molecule has 0 atom stereocenters. The molecule has 1 aliphatic carbocycles. The third-order valence-corrected chi connectivity index (χ3v) is 5.10. The van der Waals surface area contributed by atoms with E-state index in [0.717, 1.165) is 0 Å². The third-order valence-electron chi connectivity index (χ3n) is 5.10. The Morgan fingerprint density at radius 1 is 0.900 bits per heavy atom. The molecule has 0 aliphatic heterocycles. The van der Waals surface area contributed by atoms with Crippen LogP contribution in [0.2, 0.25) is 0 Å². The van der Waals surface area contributed by atoms with Crippen molar-refractivity contribution in [2.45, 2.75) is 12.3 Å². The number of aromatic hydroxyl groups is 2. The number of hydrogen-bond acceptors (Lipinski definition) is 4. The summed E-state index contributed by atoms with van der Waals surface area (Å²) in [5, 5.41) is 22.1. The lowest BCUT2D eigenvalue weighted by atomic mass is 9.98. The Morgan fingerprint density at radius 2 is 1.50 bits per heavy atom. The van der Waals surface area contributed by atoms with Gasteiger partial charge < -0.3 is 20.3 Å². The molecule has 4 rings (SSSR count). The van der Waals surface area contributed by atoms with Crippen LogP contribution in [-0.2, 0) is 4.74 Å². The first-order valence-electron chi connectivity index (χ1n) is 9.74. The molecule has 3 N–H and O–H groups in total. The molecule has 0 aromatic heterocycles. The van der Waals surface area contributed by atoms with Crippen molar-refractivity contribution in [3.05, 3.63) is 83.4 Å². The highest BCUT2D eigenvalue weighted by molar-refractivity contribution is 5.79. The zero-order valence-electron chi connectivity index (χ0n) is 16.3. The molecule has 30 heavy (non-hydrogen) atoms. The van der Waals surface area contributed by atoms with Crippen molar-refractivity contribution in [2.24, 2.45) is 0 Å². The van der Waals surface area contributed by atoms with Gasteiger partial charge in [-0.25, -0.2) is 4.79 Å². The maximum atomic E-state index is 12.1. The van der Waals surface area contributed by atoms with Gasteiger partial charge >= 0.3 is 6.09 Å². The van der Waals surface area contributed by atoms with E-state index in [1.807, 2.05) is 24.3 Å². The molecule has 0 unspecified atom stereocenters. The third kappa shape index (κ3) is 3.94. The van der Waals surface area contributed by atoms with E-state index in [9.17, 15) is 15.0 Å². The van der Waals surface area contributed by atoms with Crippen LogP contribution in [0.25, 0.3) is 11.1 Å². The quantitative estimate of drug-likeness (QED) is 0.449. The summed E-state index contributed by atoms with van der Waals surface area (Å²) in [7, 11) is 0. The van der Waals surface area contributed by atoms with E-state index in [1.165, 1.54) is 40.5 Å². The Bertz CT molecular complexity index is 1080. The van der Waals surface area contributed by atoms with Crippen molar-refractivity contribution in [2.75, 3.05) is 13.2 Å². The van der Waals surface area contributed by atoms with E-state index >= 15 is 0 Å². The average molecular weight is 399 g/mol. The lowest BCUT2D eigenvalue weighted by Gasteiger charge is -2.14. The van der Waals surface area contributed by atoms with Crippen LogP contribution < -0.4 is 5.32 Å². The molecule has 150 valence electrons. The molecular weight excluding hydrogens is 378 g/mol. The van der Waals surface area contributed by atoms with Crippen molar-refractivity contribution in [1.29, 1.82) is 0 Å². The molecule has 0 heterocycles. The van der Waals surface area contributed by atoms with Crippen LogP contribution in [0.5, 0.6) is 11.5 Å². The van der Waals surface area contributed by atoms with Gasteiger partial charge in [0.2, 0.25) is 0 Å². The van der Waals surface area contributed by atoms with Gasteiger partial charge in [0, 0.05) is 18.9 Å². The number of phenolic OH excluding ortho intramolecular Hbond substituents is 2. The number of carbonyl (C=O) groups is 1. The van der Waals surface area contributed by atoms with Crippen LogP contribution in [-0.4, -0.2) is 29.5 Å². The Kier molecular flexibility index (Phi) is 5.58. The second-order valence-electron chi connectivity index (χ2n) is 6.98. The van der Waals surface area contributed by atoms with Crippen molar-refractivity contribution < 1.29 is 19.7 Å². The molecule has 1 amide bonds. The van der Waals surface area contributed by atoms with E-state index in [0.29, 0.717) is 13.0 Å². The SMILES string of the molecule is O=C(NCCC#Cc1c(O)cccc1O)OCC1c2ccccc2-c2ccccc21. The first-order chi connectivity index (χ1) is 14.6. The van der Waals surface area contributed by atoms with E-state index in [4.69, 9.17) is 4.74 Å². The second-order valence-corrected chi connectivity index (χ2v) is 6.98. The summed E-state index contributed by atoms with van der Waals surface area (Å²) >= 11 is 0. The van der Waals surface area contributed by atoms with Crippen LogP contribution in [0.4, 0.5) is 4.79 Å². The van der Waals surface area contributed by atoms with Gasteiger partial charge in [-0.15, -0.1) is 0 Å². The highest BCUT2D eigenvalue weighted by atomic mass is 16.5. The Balaban J connectivity index is 1.31. The van der Waals surface area contributed by atoms with Crippen LogP contribution >= 0.6 is 0 Å². The van der Waals surface area contributed by atoms with Crippen molar-refractivity contribution in [1.82, 2.24) is 5.32 Å². The lowest BCUT2D eigenvalue weighted by molar-refractivity contribution is 0.143. The van der Waals surface area contributed by atoms with E-state index in [2.05, 4.69) is 41.4 Å². The predicted molar refractivity (Wildman–Crippen MR) is 114 cm³/mol. The first kappa shape index (κ1) is 19.4. The highest BCUT2D eigenvalue weighted by Crippen LogP contribution is 2.44. The Morgan fingerprint density at radius 3 is 2.13 bits per heavy atom. The second kappa shape index (κ2) is 8.62. The molecule has 5 heteroatoms. The summed E-state index contributed by atoms with van der Waals surface area (Å²) < 4.78 is 5.46. The minimum absolute atomic E-state index is 0.0203.